The normalized spacial score (nSPS) is 19.8. The third kappa shape index (κ3) is 2.30. The van der Waals surface area contributed by atoms with E-state index < -0.39 is 0 Å². The summed E-state index contributed by atoms with van der Waals surface area (Å²) < 4.78 is 1.72. The number of rotatable bonds is 5. The number of nitro groups is 1. The Morgan fingerprint density at radius 1 is 1.33 bits per heavy atom. The summed E-state index contributed by atoms with van der Waals surface area (Å²) in [4.78, 5) is 11.0. The van der Waals surface area contributed by atoms with Crippen LogP contribution in [0, 0.1) is 33.8 Å². The first-order chi connectivity index (χ1) is 9.51. The summed E-state index contributed by atoms with van der Waals surface area (Å²) in [7, 11) is 0. The van der Waals surface area contributed by atoms with Gasteiger partial charge in [0.15, 0.2) is 0 Å². The molecule has 0 atom stereocenters. The van der Waals surface area contributed by atoms with Crippen molar-refractivity contribution >= 4 is 11.5 Å². The molecule has 1 aromatic rings. The smallest absolute Gasteiger partial charge is 0.333 e. The molecule has 21 heavy (non-hydrogen) atoms. The Kier molecular flexibility index (Phi) is 3.54. The van der Waals surface area contributed by atoms with Gasteiger partial charge in [0.2, 0.25) is 5.82 Å². The Morgan fingerprint density at radius 3 is 2.24 bits per heavy atom. The van der Waals surface area contributed by atoms with Crippen molar-refractivity contribution < 1.29 is 4.92 Å². The minimum atomic E-state index is -0.341. The van der Waals surface area contributed by atoms with Crippen LogP contribution in [0.2, 0.25) is 0 Å². The van der Waals surface area contributed by atoms with E-state index in [2.05, 4.69) is 38.1 Å². The molecule has 0 aliphatic heterocycles. The van der Waals surface area contributed by atoms with Gasteiger partial charge in [0, 0.05) is 12.6 Å². The van der Waals surface area contributed by atoms with Gasteiger partial charge in [-0.25, -0.2) is 4.68 Å². The van der Waals surface area contributed by atoms with Crippen LogP contribution < -0.4 is 5.32 Å². The number of aromatic nitrogens is 2. The number of anilines is 1. The topological polar surface area (TPSA) is 73.0 Å². The summed E-state index contributed by atoms with van der Waals surface area (Å²) in [6.07, 6.45) is 0. The van der Waals surface area contributed by atoms with Gasteiger partial charge in [0.1, 0.15) is 5.69 Å². The minimum Gasteiger partial charge on any atom is -0.364 e. The molecule has 0 unspecified atom stereocenters. The quantitative estimate of drug-likeness (QED) is 0.662. The summed E-state index contributed by atoms with van der Waals surface area (Å²) in [6.45, 7) is 15.4. The highest BCUT2D eigenvalue weighted by Crippen LogP contribution is 2.68. The van der Waals surface area contributed by atoms with Gasteiger partial charge in [-0.05, 0) is 37.5 Å². The molecule has 0 amide bonds. The fourth-order valence-electron chi connectivity index (χ4n) is 3.34. The van der Waals surface area contributed by atoms with Crippen LogP contribution in [0.4, 0.5) is 11.5 Å². The van der Waals surface area contributed by atoms with Crippen LogP contribution in [0.25, 0.3) is 0 Å². The summed E-state index contributed by atoms with van der Waals surface area (Å²) in [5, 5.41) is 18.9. The Balaban J connectivity index is 2.26. The van der Waals surface area contributed by atoms with Crippen molar-refractivity contribution in [3.05, 3.63) is 15.8 Å². The van der Waals surface area contributed by atoms with Gasteiger partial charge in [-0.1, -0.05) is 27.7 Å². The Hall–Kier alpha value is -1.59. The molecule has 6 nitrogen and oxygen atoms in total. The van der Waals surface area contributed by atoms with E-state index in [0.29, 0.717) is 17.4 Å². The third-order valence-electron chi connectivity index (χ3n) is 5.52. The zero-order valence-electron chi connectivity index (χ0n) is 14.0. The van der Waals surface area contributed by atoms with E-state index >= 15 is 0 Å². The van der Waals surface area contributed by atoms with Gasteiger partial charge in [-0.3, -0.25) is 10.1 Å². The largest absolute Gasteiger partial charge is 0.364 e. The molecule has 0 saturated heterocycles. The molecule has 0 spiro atoms. The second kappa shape index (κ2) is 4.71. The molecule has 0 bridgehead atoms. The van der Waals surface area contributed by atoms with Crippen molar-refractivity contribution in [3.63, 3.8) is 0 Å². The number of hydrogen-bond donors (Lipinski definition) is 1. The predicted molar refractivity (Wildman–Crippen MR) is 83.5 cm³/mol. The van der Waals surface area contributed by atoms with E-state index in [9.17, 15) is 10.1 Å². The Morgan fingerprint density at radius 2 is 1.86 bits per heavy atom. The molecule has 118 valence electrons. The lowest BCUT2D eigenvalue weighted by atomic mass is 10.0. The molecule has 1 aliphatic rings. The van der Waals surface area contributed by atoms with Crippen molar-refractivity contribution in [2.24, 2.45) is 16.7 Å². The second-order valence-electron chi connectivity index (χ2n) is 7.45. The van der Waals surface area contributed by atoms with Gasteiger partial charge in [-0.15, -0.1) is 0 Å². The van der Waals surface area contributed by atoms with Crippen LogP contribution in [0.3, 0.4) is 0 Å². The Bertz CT molecular complexity index is 558. The zero-order valence-corrected chi connectivity index (χ0v) is 14.0. The lowest BCUT2D eigenvalue weighted by Crippen LogP contribution is -2.14. The van der Waals surface area contributed by atoms with Gasteiger partial charge >= 0.3 is 5.69 Å². The number of hydrogen-bond acceptors (Lipinski definition) is 4. The molecule has 1 aliphatic carbocycles. The lowest BCUT2D eigenvalue weighted by molar-refractivity contribution is -0.384. The number of nitrogens with one attached hydrogen (secondary N) is 1. The molecule has 1 saturated carbocycles. The molecule has 6 heteroatoms. The van der Waals surface area contributed by atoms with Crippen LogP contribution in [0.1, 0.15) is 53.3 Å². The van der Waals surface area contributed by atoms with E-state index in [4.69, 9.17) is 0 Å². The maximum Gasteiger partial charge on any atom is 0.333 e. The van der Waals surface area contributed by atoms with E-state index in [1.54, 1.807) is 11.6 Å². The van der Waals surface area contributed by atoms with Crippen molar-refractivity contribution in [2.75, 3.05) is 11.9 Å². The first kappa shape index (κ1) is 15.8. The fourth-order valence-corrected chi connectivity index (χ4v) is 3.34. The van der Waals surface area contributed by atoms with Gasteiger partial charge in [0.05, 0.1) is 4.92 Å². The number of aryl methyl sites for hydroxylation is 1. The first-order valence-electron chi connectivity index (χ1n) is 7.49. The highest BCUT2D eigenvalue weighted by Gasteiger charge is 2.64. The maximum absolute atomic E-state index is 11.3. The molecule has 1 N–H and O–H groups in total. The molecule has 1 fully saturated rings. The Labute approximate surface area is 126 Å². The van der Waals surface area contributed by atoms with Crippen LogP contribution in [-0.4, -0.2) is 21.2 Å². The summed E-state index contributed by atoms with van der Waals surface area (Å²) in [6, 6.07) is 0.0834. The standard InChI is InChI=1S/C15H26N4O2/c1-9(2)18-13(12(19(20)21)10(3)17-18)16-8-11-14(4,5)15(11,6)7/h9,11,16H,8H2,1-7H3. The average molecular weight is 294 g/mol. The van der Waals surface area contributed by atoms with E-state index in [1.165, 1.54) is 0 Å². The van der Waals surface area contributed by atoms with Crippen LogP contribution in [-0.2, 0) is 0 Å². The predicted octanol–water partition coefficient (Wildman–Crippen LogP) is 3.77. The highest BCUT2D eigenvalue weighted by molar-refractivity contribution is 5.60. The van der Waals surface area contributed by atoms with Crippen LogP contribution in [0.5, 0.6) is 0 Å². The molecule has 1 heterocycles. The maximum atomic E-state index is 11.3. The van der Waals surface area contributed by atoms with E-state index in [1.807, 2.05) is 13.8 Å². The highest BCUT2D eigenvalue weighted by atomic mass is 16.6. The zero-order chi connectivity index (χ0) is 16.2. The SMILES string of the molecule is Cc1nn(C(C)C)c(NCC2C(C)(C)C2(C)C)c1[N+](=O)[O-]. The van der Waals surface area contributed by atoms with Crippen molar-refractivity contribution in [1.82, 2.24) is 9.78 Å². The van der Waals surface area contributed by atoms with Crippen molar-refractivity contribution in [2.45, 2.75) is 54.5 Å². The van der Waals surface area contributed by atoms with E-state index in [0.717, 1.165) is 6.54 Å². The summed E-state index contributed by atoms with van der Waals surface area (Å²) in [5.74, 6) is 1.03. The molecule has 0 aromatic carbocycles. The molecular weight excluding hydrogens is 268 g/mol. The van der Waals surface area contributed by atoms with Gasteiger partial charge in [-0.2, -0.15) is 5.10 Å². The minimum absolute atomic E-state index is 0.0834. The van der Waals surface area contributed by atoms with Crippen molar-refractivity contribution in [1.29, 1.82) is 0 Å². The molecular formula is C15H26N4O2. The van der Waals surface area contributed by atoms with Gasteiger partial charge in [0.25, 0.3) is 0 Å². The first-order valence-corrected chi connectivity index (χ1v) is 7.49. The van der Waals surface area contributed by atoms with Crippen LogP contribution >= 0.6 is 0 Å². The van der Waals surface area contributed by atoms with Gasteiger partial charge < -0.3 is 5.32 Å². The van der Waals surface area contributed by atoms with E-state index in [-0.39, 0.29) is 27.5 Å². The van der Waals surface area contributed by atoms with Crippen LogP contribution in [0.15, 0.2) is 0 Å². The van der Waals surface area contributed by atoms with Crippen molar-refractivity contribution in [3.8, 4) is 0 Å². The lowest BCUT2D eigenvalue weighted by Gasteiger charge is -2.12. The molecule has 2 rings (SSSR count). The monoisotopic (exact) mass is 294 g/mol. The molecule has 1 aromatic heterocycles. The third-order valence-corrected chi connectivity index (χ3v) is 5.52. The number of nitrogens with zero attached hydrogens (tertiary/aromatic N) is 3. The second-order valence-corrected chi connectivity index (χ2v) is 7.45. The molecule has 0 radical (unpaired) electrons. The summed E-state index contributed by atoms with van der Waals surface area (Å²) in [5.41, 5.74) is 1.07. The summed E-state index contributed by atoms with van der Waals surface area (Å²) >= 11 is 0. The average Bonchev–Trinajstić information content (AvgIpc) is 2.63. The fraction of sp³-hybridized carbons (Fsp3) is 0.800.